The number of carbonyl (C=O) groups is 1. The van der Waals surface area contributed by atoms with Gasteiger partial charge in [-0.3, -0.25) is 9.69 Å². The lowest BCUT2D eigenvalue weighted by atomic mass is 9.98. The first kappa shape index (κ1) is 16.9. The summed E-state index contributed by atoms with van der Waals surface area (Å²) in [5.41, 5.74) is 2.12. The number of allylic oxidation sites excluding steroid dienone is 1. The highest BCUT2D eigenvalue weighted by Crippen LogP contribution is 2.20. The first-order chi connectivity index (χ1) is 11.7. The highest BCUT2D eigenvalue weighted by molar-refractivity contribution is 5.78. The van der Waals surface area contributed by atoms with E-state index < -0.39 is 0 Å². The summed E-state index contributed by atoms with van der Waals surface area (Å²) in [6, 6.07) is 6.65. The van der Waals surface area contributed by atoms with E-state index in [2.05, 4.69) is 28.4 Å². The second-order valence-corrected chi connectivity index (χ2v) is 6.63. The highest BCUT2D eigenvalue weighted by Gasteiger charge is 2.20. The van der Waals surface area contributed by atoms with E-state index in [1.807, 2.05) is 0 Å². The number of amides is 1. The molecule has 0 fully saturated rings. The summed E-state index contributed by atoms with van der Waals surface area (Å²) in [4.78, 5) is 14.6. The predicted octanol–water partition coefficient (Wildman–Crippen LogP) is 3.23. The summed E-state index contributed by atoms with van der Waals surface area (Å²) in [5, 5.41) is 2.99. The molecule has 0 spiro atoms. The molecular formula is C20H25FN2O. The van der Waals surface area contributed by atoms with Gasteiger partial charge in [-0.05, 0) is 49.0 Å². The van der Waals surface area contributed by atoms with E-state index in [1.54, 1.807) is 12.1 Å². The van der Waals surface area contributed by atoms with Gasteiger partial charge in [0.1, 0.15) is 5.82 Å². The lowest BCUT2D eigenvalue weighted by Gasteiger charge is -2.34. The third kappa shape index (κ3) is 4.78. The fraction of sp³-hybridized carbons (Fsp3) is 0.450. The first-order valence-corrected chi connectivity index (χ1v) is 8.80. The molecule has 1 aromatic carbocycles. The predicted molar refractivity (Wildman–Crippen MR) is 94.2 cm³/mol. The summed E-state index contributed by atoms with van der Waals surface area (Å²) < 4.78 is 12.9. The smallest absolute Gasteiger partial charge is 0.224 e. The van der Waals surface area contributed by atoms with Crippen LogP contribution in [0, 0.1) is 5.82 Å². The van der Waals surface area contributed by atoms with Crippen LogP contribution in [0.15, 0.2) is 48.1 Å². The summed E-state index contributed by atoms with van der Waals surface area (Å²) >= 11 is 0. The zero-order chi connectivity index (χ0) is 16.8. The van der Waals surface area contributed by atoms with E-state index in [4.69, 9.17) is 0 Å². The van der Waals surface area contributed by atoms with E-state index in [0.29, 0.717) is 19.0 Å². The lowest BCUT2D eigenvalue weighted by molar-refractivity contribution is -0.120. The van der Waals surface area contributed by atoms with Gasteiger partial charge in [0.15, 0.2) is 0 Å². The minimum absolute atomic E-state index is 0.0165. The molecule has 24 heavy (non-hydrogen) atoms. The number of hydrogen-bond acceptors (Lipinski definition) is 2. The van der Waals surface area contributed by atoms with Gasteiger partial charge < -0.3 is 5.32 Å². The maximum atomic E-state index is 12.9. The largest absolute Gasteiger partial charge is 0.352 e. The van der Waals surface area contributed by atoms with Crippen LogP contribution in [0.5, 0.6) is 0 Å². The Morgan fingerprint density at radius 1 is 1.25 bits per heavy atom. The molecule has 1 aromatic rings. The standard InChI is InChI=1S/C20H25FN2O/c21-18-10-8-16(9-11-18)13-20(24)22-14-17-5-4-12-23(15-17)19-6-2-1-3-7-19/h2,5-6,8-11,19H,1,3-4,7,12-15H2,(H,22,24). The van der Waals surface area contributed by atoms with E-state index in [0.717, 1.165) is 25.1 Å². The number of carbonyl (C=O) groups excluding carboxylic acids is 1. The summed E-state index contributed by atoms with van der Waals surface area (Å²) in [7, 11) is 0. The number of hydrogen-bond donors (Lipinski definition) is 1. The van der Waals surface area contributed by atoms with Crippen molar-refractivity contribution >= 4 is 5.91 Å². The summed E-state index contributed by atoms with van der Waals surface area (Å²) in [5.74, 6) is -0.291. The maximum Gasteiger partial charge on any atom is 0.224 e. The Balaban J connectivity index is 1.46. The van der Waals surface area contributed by atoms with Crippen molar-refractivity contribution in [2.45, 2.75) is 38.1 Å². The van der Waals surface area contributed by atoms with Gasteiger partial charge in [0, 0.05) is 25.7 Å². The van der Waals surface area contributed by atoms with E-state index >= 15 is 0 Å². The maximum absolute atomic E-state index is 12.9. The Morgan fingerprint density at radius 2 is 2.08 bits per heavy atom. The third-order valence-electron chi connectivity index (χ3n) is 4.74. The van der Waals surface area contributed by atoms with Crippen molar-refractivity contribution < 1.29 is 9.18 Å². The summed E-state index contributed by atoms with van der Waals surface area (Å²) in [6.45, 7) is 2.64. The zero-order valence-electron chi connectivity index (χ0n) is 14.0. The van der Waals surface area contributed by atoms with Gasteiger partial charge in [-0.15, -0.1) is 0 Å². The van der Waals surface area contributed by atoms with Crippen LogP contribution in [0.25, 0.3) is 0 Å². The molecule has 0 aromatic heterocycles. The van der Waals surface area contributed by atoms with E-state index in [-0.39, 0.29) is 11.7 Å². The molecular weight excluding hydrogens is 303 g/mol. The Bertz CT molecular complexity index is 621. The normalized spacial score (nSPS) is 21.4. The van der Waals surface area contributed by atoms with Crippen molar-refractivity contribution in [2.75, 3.05) is 19.6 Å². The molecule has 1 heterocycles. The van der Waals surface area contributed by atoms with Gasteiger partial charge >= 0.3 is 0 Å². The molecule has 1 atom stereocenters. The Morgan fingerprint density at radius 3 is 2.83 bits per heavy atom. The number of halogens is 1. The van der Waals surface area contributed by atoms with Gasteiger partial charge in [-0.25, -0.2) is 4.39 Å². The van der Waals surface area contributed by atoms with Gasteiger partial charge in [-0.1, -0.05) is 30.4 Å². The van der Waals surface area contributed by atoms with Crippen molar-refractivity contribution in [1.29, 1.82) is 0 Å². The van der Waals surface area contributed by atoms with Crippen molar-refractivity contribution in [2.24, 2.45) is 0 Å². The molecule has 1 N–H and O–H groups in total. The molecule has 2 aliphatic rings. The number of benzene rings is 1. The van der Waals surface area contributed by atoms with Crippen LogP contribution in [0.4, 0.5) is 4.39 Å². The van der Waals surface area contributed by atoms with Crippen LogP contribution in [0.2, 0.25) is 0 Å². The van der Waals surface area contributed by atoms with Crippen LogP contribution in [0.1, 0.15) is 31.2 Å². The Hall–Kier alpha value is -1.94. The van der Waals surface area contributed by atoms with Gasteiger partial charge in [0.2, 0.25) is 5.91 Å². The molecule has 0 saturated heterocycles. The van der Waals surface area contributed by atoms with Gasteiger partial charge in [0.05, 0.1) is 6.42 Å². The van der Waals surface area contributed by atoms with Crippen LogP contribution in [-0.4, -0.2) is 36.5 Å². The molecule has 1 aliphatic heterocycles. The van der Waals surface area contributed by atoms with Crippen molar-refractivity contribution in [3.8, 4) is 0 Å². The molecule has 0 saturated carbocycles. The van der Waals surface area contributed by atoms with Gasteiger partial charge in [0.25, 0.3) is 0 Å². The molecule has 128 valence electrons. The topological polar surface area (TPSA) is 32.3 Å². The SMILES string of the molecule is O=C(Cc1ccc(F)cc1)NCC1=CCCN(C2C=CCCC2)C1. The minimum atomic E-state index is -0.275. The molecule has 0 radical (unpaired) electrons. The van der Waals surface area contributed by atoms with Gasteiger partial charge in [-0.2, -0.15) is 0 Å². The number of nitrogens with one attached hydrogen (secondary N) is 1. The van der Waals surface area contributed by atoms with E-state index in [1.165, 1.54) is 37.0 Å². The monoisotopic (exact) mass is 328 g/mol. The molecule has 1 aliphatic carbocycles. The highest BCUT2D eigenvalue weighted by atomic mass is 19.1. The van der Waals surface area contributed by atoms with Crippen molar-refractivity contribution in [3.05, 3.63) is 59.4 Å². The molecule has 4 heteroatoms. The zero-order valence-corrected chi connectivity index (χ0v) is 14.0. The third-order valence-corrected chi connectivity index (χ3v) is 4.74. The fourth-order valence-electron chi connectivity index (χ4n) is 3.41. The first-order valence-electron chi connectivity index (χ1n) is 8.80. The van der Waals surface area contributed by atoms with Crippen LogP contribution >= 0.6 is 0 Å². The quantitative estimate of drug-likeness (QED) is 0.842. The van der Waals surface area contributed by atoms with E-state index in [9.17, 15) is 9.18 Å². The second kappa shape index (κ2) is 8.25. The van der Waals surface area contributed by atoms with Crippen molar-refractivity contribution in [1.82, 2.24) is 10.2 Å². The van der Waals surface area contributed by atoms with Crippen LogP contribution in [-0.2, 0) is 11.2 Å². The summed E-state index contributed by atoms with van der Waals surface area (Å²) in [6.07, 6.45) is 11.9. The lowest BCUT2D eigenvalue weighted by Crippen LogP contribution is -2.41. The molecule has 1 unspecified atom stereocenters. The minimum Gasteiger partial charge on any atom is -0.352 e. The Kier molecular flexibility index (Phi) is 5.81. The van der Waals surface area contributed by atoms with Crippen LogP contribution in [0.3, 0.4) is 0 Å². The molecule has 3 nitrogen and oxygen atoms in total. The molecule has 0 bridgehead atoms. The molecule has 3 rings (SSSR count). The fourth-order valence-corrected chi connectivity index (χ4v) is 3.41. The average molecular weight is 328 g/mol. The second-order valence-electron chi connectivity index (χ2n) is 6.63. The van der Waals surface area contributed by atoms with Crippen molar-refractivity contribution in [3.63, 3.8) is 0 Å². The molecule has 1 amide bonds. The number of nitrogens with zero attached hydrogens (tertiary/aromatic N) is 1. The number of rotatable bonds is 5. The average Bonchev–Trinajstić information content (AvgIpc) is 2.63. The van der Waals surface area contributed by atoms with Crippen LogP contribution < -0.4 is 5.32 Å². The Labute approximate surface area is 143 Å².